The summed E-state index contributed by atoms with van der Waals surface area (Å²) in [4.78, 5) is 23.7. The van der Waals surface area contributed by atoms with Crippen LogP contribution in [0.3, 0.4) is 0 Å². The smallest absolute Gasteiger partial charge is 0.177 e. The van der Waals surface area contributed by atoms with Gasteiger partial charge in [-0.2, -0.15) is 0 Å². The molecule has 0 aromatic heterocycles. The normalized spacial score (nSPS) is 13.3. The Kier molecular flexibility index (Phi) is 28.8. The summed E-state index contributed by atoms with van der Waals surface area (Å²) < 4.78 is 0.328. The summed E-state index contributed by atoms with van der Waals surface area (Å²) in [7, 11) is 5.53. The molecule has 0 heterocycles. The van der Waals surface area contributed by atoms with Gasteiger partial charge in [-0.15, -0.1) is 0 Å². The van der Waals surface area contributed by atoms with E-state index in [9.17, 15) is 19.8 Å². The number of carboxylic acid groups (broad SMARTS) is 1. The SMILES string of the molecule is CCCCCCCCCCCCCCCCCCCCCCCCCCCCCCCC(=O)C(O)(CC(=O)[O-])C[N+](C)(C)C. The van der Waals surface area contributed by atoms with Crippen molar-refractivity contribution in [3.63, 3.8) is 0 Å². The molecule has 1 atom stereocenters. The molecule has 1 unspecified atom stereocenters. The molecule has 0 radical (unpaired) electrons. The fourth-order valence-electron chi connectivity index (χ4n) is 6.63. The summed E-state index contributed by atoms with van der Waals surface area (Å²) in [6, 6.07) is 0. The number of rotatable bonds is 35. The van der Waals surface area contributed by atoms with Gasteiger partial charge in [-0.05, 0) is 6.42 Å². The van der Waals surface area contributed by atoms with Gasteiger partial charge in [0.25, 0.3) is 0 Å². The third kappa shape index (κ3) is 29.8. The molecule has 5 nitrogen and oxygen atoms in total. The van der Waals surface area contributed by atoms with Crippen LogP contribution in [0.25, 0.3) is 0 Å². The number of Topliss-reactive ketones (excluding diaryl/α,β-unsaturated/α-hetero) is 1. The zero-order chi connectivity index (χ0) is 32.8. The Labute approximate surface area is 274 Å². The van der Waals surface area contributed by atoms with Crippen LogP contribution in [0.15, 0.2) is 0 Å². The zero-order valence-electron chi connectivity index (χ0n) is 30.2. The molecule has 0 bridgehead atoms. The molecule has 0 spiro atoms. The van der Waals surface area contributed by atoms with E-state index in [4.69, 9.17) is 0 Å². The monoisotopic (exact) mass is 624 g/mol. The molecule has 0 amide bonds. The van der Waals surface area contributed by atoms with E-state index in [0.29, 0.717) is 10.9 Å². The highest BCUT2D eigenvalue weighted by Crippen LogP contribution is 2.20. The Morgan fingerprint density at radius 1 is 0.500 bits per heavy atom. The van der Waals surface area contributed by atoms with Crippen molar-refractivity contribution in [3.05, 3.63) is 0 Å². The van der Waals surface area contributed by atoms with Crippen LogP contribution >= 0.6 is 0 Å². The van der Waals surface area contributed by atoms with Crippen molar-refractivity contribution in [3.8, 4) is 0 Å². The average molecular weight is 624 g/mol. The number of aliphatic hydroxyl groups is 1. The fraction of sp³-hybridized carbons (Fsp3) is 0.949. The first-order chi connectivity index (χ1) is 21.1. The van der Waals surface area contributed by atoms with Gasteiger partial charge < -0.3 is 19.5 Å². The molecule has 0 aliphatic carbocycles. The molecule has 0 saturated carbocycles. The molecular formula is C39H77NO4. The van der Waals surface area contributed by atoms with Crippen molar-refractivity contribution >= 4 is 11.8 Å². The number of hydrogen-bond donors (Lipinski definition) is 1. The van der Waals surface area contributed by atoms with Crippen LogP contribution in [0.2, 0.25) is 0 Å². The summed E-state index contributed by atoms with van der Waals surface area (Å²) in [6.45, 7) is 2.38. The van der Waals surface area contributed by atoms with Crippen LogP contribution in [-0.4, -0.2) is 54.6 Å². The Balaban J connectivity index is 3.38. The van der Waals surface area contributed by atoms with E-state index in [-0.39, 0.29) is 18.7 Å². The number of ketones is 1. The zero-order valence-corrected chi connectivity index (χ0v) is 30.2. The maximum absolute atomic E-state index is 12.6. The molecule has 0 aliphatic heterocycles. The van der Waals surface area contributed by atoms with Gasteiger partial charge in [0.05, 0.1) is 21.1 Å². The first-order valence-electron chi connectivity index (χ1n) is 19.4. The lowest BCUT2D eigenvalue weighted by atomic mass is 9.89. The first-order valence-corrected chi connectivity index (χ1v) is 19.4. The van der Waals surface area contributed by atoms with Gasteiger partial charge in [0.1, 0.15) is 6.54 Å². The summed E-state index contributed by atoms with van der Waals surface area (Å²) >= 11 is 0. The van der Waals surface area contributed by atoms with E-state index in [1.807, 2.05) is 21.1 Å². The quantitative estimate of drug-likeness (QED) is 0.0563. The largest absolute Gasteiger partial charge is 0.550 e. The van der Waals surface area contributed by atoms with Gasteiger partial charge in [0.2, 0.25) is 0 Å². The van der Waals surface area contributed by atoms with Crippen LogP contribution in [0.1, 0.15) is 206 Å². The molecule has 0 aromatic carbocycles. The Morgan fingerprint density at radius 2 is 0.750 bits per heavy atom. The number of aliphatic carboxylic acids is 1. The second kappa shape index (κ2) is 29.5. The van der Waals surface area contributed by atoms with E-state index in [2.05, 4.69) is 6.92 Å². The summed E-state index contributed by atoms with van der Waals surface area (Å²) in [5.41, 5.74) is -1.83. The van der Waals surface area contributed by atoms with Crippen LogP contribution in [0.4, 0.5) is 0 Å². The summed E-state index contributed by atoms with van der Waals surface area (Å²) in [6.07, 6.45) is 39.0. The number of carbonyl (C=O) groups is 2. The minimum atomic E-state index is -1.83. The van der Waals surface area contributed by atoms with E-state index in [1.54, 1.807) is 0 Å². The number of nitrogens with zero attached hydrogens (tertiary/aromatic N) is 1. The van der Waals surface area contributed by atoms with Gasteiger partial charge >= 0.3 is 0 Å². The van der Waals surface area contributed by atoms with Gasteiger partial charge in [-0.1, -0.05) is 187 Å². The van der Waals surface area contributed by atoms with E-state index in [1.165, 1.54) is 167 Å². The van der Waals surface area contributed by atoms with Gasteiger partial charge in [0.15, 0.2) is 11.4 Å². The Bertz CT molecular complexity index is 659. The van der Waals surface area contributed by atoms with Crippen LogP contribution < -0.4 is 5.11 Å². The highest BCUT2D eigenvalue weighted by atomic mass is 16.4. The number of likely N-dealkylation sites (N-methyl/N-ethyl adjacent to an activating group) is 1. The minimum Gasteiger partial charge on any atom is -0.550 e. The lowest BCUT2D eigenvalue weighted by Crippen LogP contribution is -2.56. The third-order valence-corrected chi connectivity index (χ3v) is 9.20. The van der Waals surface area contributed by atoms with Crippen LogP contribution in [0, 0.1) is 0 Å². The van der Waals surface area contributed by atoms with Crippen molar-refractivity contribution in [1.82, 2.24) is 0 Å². The van der Waals surface area contributed by atoms with E-state index < -0.39 is 18.0 Å². The minimum absolute atomic E-state index is 0.0827. The number of unbranched alkanes of at least 4 members (excludes halogenated alkanes) is 28. The molecule has 0 rings (SSSR count). The van der Waals surface area contributed by atoms with Crippen LogP contribution in [0.5, 0.6) is 0 Å². The van der Waals surface area contributed by atoms with E-state index >= 15 is 0 Å². The average Bonchev–Trinajstić information content (AvgIpc) is 2.94. The number of quaternary nitrogens is 1. The van der Waals surface area contributed by atoms with Crippen LogP contribution in [-0.2, 0) is 9.59 Å². The highest BCUT2D eigenvalue weighted by molar-refractivity contribution is 5.90. The molecule has 1 N–H and O–H groups in total. The van der Waals surface area contributed by atoms with Gasteiger partial charge in [-0.3, -0.25) is 4.79 Å². The predicted octanol–water partition coefficient (Wildman–Crippen LogP) is 9.86. The molecule has 0 fully saturated rings. The van der Waals surface area contributed by atoms with Crippen molar-refractivity contribution in [2.24, 2.45) is 0 Å². The summed E-state index contributed by atoms with van der Waals surface area (Å²) in [5.74, 6) is -1.74. The van der Waals surface area contributed by atoms with Gasteiger partial charge in [-0.25, -0.2) is 0 Å². The summed E-state index contributed by atoms with van der Waals surface area (Å²) in [5, 5.41) is 21.8. The van der Waals surface area contributed by atoms with Crippen molar-refractivity contribution in [2.45, 2.75) is 212 Å². The highest BCUT2D eigenvalue weighted by Gasteiger charge is 2.40. The molecular weight excluding hydrogens is 546 g/mol. The number of carbonyl (C=O) groups excluding carboxylic acids is 2. The number of hydrogen-bond acceptors (Lipinski definition) is 4. The standard InChI is InChI=1S/C39H77NO4/c1-5-6-7-8-9-10-11-12-13-14-15-16-17-18-19-20-21-22-23-24-25-26-27-28-29-30-31-32-33-34-37(41)39(44,35-38(42)43)36-40(2,3)4/h44H,5-36H2,1-4H3. The molecule has 44 heavy (non-hydrogen) atoms. The molecule has 5 heteroatoms. The lowest BCUT2D eigenvalue weighted by molar-refractivity contribution is -0.875. The maximum atomic E-state index is 12.6. The van der Waals surface area contributed by atoms with Gasteiger partial charge in [0, 0.05) is 18.8 Å². The first kappa shape index (κ1) is 43.1. The topological polar surface area (TPSA) is 77.4 Å². The second-order valence-corrected chi connectivity index (χ2v) is 15.1. The lowest BCUT2D eigenvalue weighted by Gasteiger charge is -2.34. The molecule has 0 aromatic rings. The second-order valence-electron chi connectivity index (χ2n) is 15.1. The fourth-order valence-corrected chi connectivity index (χ4v) is 6.63. The Morgan fingerprint density at radius 3 is 0.977 bits per heavy atom. The third-order valence-electron chi connectivity index (χ3n) is 9.20. The van der Waals surface area contributed by atoms with Crippen molar-refractivity contribution in [1.29, 1.82) is 0 Å². The molecule has 0 saturated heterocycles. The number of carboxylic acids is 1. The molecule has 262 valence electrons. The molecule has 0 aliphatic rings. The Hall–Kier alpha value is -0.940. The van der Waals surface area contributed by atoms with E-state index in [0.717, 1.165) is 12.8 Å². The van der Waals surface area contributed by atoms with Crippen molar-refractivity contribution in [2.75, 3.05) is 27.7 Å². The predicted molar refractivity (Wildman–Crippen MR) is 187 cm³/mol. The van der Waals surface area contributed by atoms with Crippen molar-refractivity contribution < 1.29 is 24.3 Å². The maximum Gasteiger partial charge on any atom is 0.177 e.